The van der Waals surface area contributed by atoms with Gasteiger partial charge in [-0.3, -0.25) is 9.79 Å². The SMILES string of the molecule is Cc1ccc(C2=NC(C)(C)C(=O)N2)cc1F. The van der Waals surface area contributed by atoms with Gasteiger partial charge in [0, 0.05) is 5.56 Å². The number of halogens is 1. The number of aryl methyl sites for hydroxylation is 1. The molecule has 4 heteroatoms. The van der Waals surface area contributed by atoms with Crippen LogP contribution >= 0.6 is 0 Å². The fourth-order valence-corrected chi connectivity index (χ4v) is 1.50. The Kier molecular flexibility index (Phi) is 2.30. The maximum absolute atomic E-state index is 13.4. The molecule has 1 amide bonds. The fraction of sp³-hybridized carbons (Fsp3) is 0.333. The molecule has 1 aromatic rings. The predicted molar refractivity (Wildman–Crippen MR) is 59.9 cm³/mol. The first kappa shape index (κ1) is 10.8. The van der Waals surface area contributed by atoms with E-state index in [2.05, 4.69) is 10.3 Å². The molecule has 1 aliphatic rings. The Labute approximate surface area is 93.4 Å². The number of nitrogens with zero attached hydrogens (tertiary/aromatic N) is 1. The molecule has 0 aromatic heterocycles. The zero-order valence-corrected chi connectivity index (χ0v) is 9.47. The second-order valence-corrected chi connectivity index (χ2v) is 4.44. The van der Waals surface area contributed by atoms with Crippen LogP contribution in [0.2, 0.25) is 0 Å². The monoisotopic (exact) mass is 220 g/mol. The molecule has 84 valence electrons. The molecule has 1 heterocycles. The Morgan fingerprint density at radius 1 is 1.38 bits per heavy atom. The third kappa shape index (κ3) is 1.71. The lowest BCUT2D eigenvalue weighted by Crippen LogP contribution is -2.34. The van der Waals surface area contributed by atoms with Crippen LogP contribution in [0, 0.1) is 12.7 Å². The van der Waals surface area contributed by atoms with E-state index in [0.717, 1.165) is 0 Å². The topological polar surface area (TPSA) is 41.5 Å². The van der Waals surface area contributed by atoms with Gasteiger partial charge in [0.05, 0.1) is 0 Å². The molecular weight excluding hydrogens is 207 g/mol. The molecule has 1 aromatic carbocycles. The van der Waals surface area contributed by atoms with Crippen LogP contribution in [0.25, 0.3) is 0 Å². The van der Waals surface area contributed by atoms with Gasteiger partial charge in [0.1, 0.15) is 17.2 Å². The molecule has 16 heavy (non-hydrogen) atoms. The second kappa shape index (κ2) is 3.40. The molecule has 0 atom stereocenters. The Morgan fingerprint density at radius 3 is 2.56 bits per heavy atom. The number of amidine groups is 1. The number of benzene rings is 1. The molecule has 0 radical (unpaired) electrons. The molecular formula is C12H13FN2O. The van der Waals surface area contributed by atoms with E-state index in [0.29, 0.717) is 17.0 Å². The average molecular weight is 220 g/mol. The highest BCUT2D eigenvalue weighted by atomic mass is 19.1. The van der Waals surface area contributed by atoms with Crippen molar-refractivity contribution >= 4 is 11.7 Å². The van der Waals surface area contributed by atoms with E-state index in [1.807, 2.05) is 0 Å². The number of hydrogen-bond donors (Lipinski definition) is 1. The normalized spacial score (nSPS) is 18.2. The summed E-state index contributed by atoms with van der Waals surface area (Å²) in [5.41, 5.74) is 0.409. The van der Waals surface area contributed by atoms with E-state index in [9.17, 15) is 9.18 Å². The second-order valence-electron chi connectivity index (χ2n) is 4.44. The standard InChI is InChI=1S/C12H13FN2O/c1-7-4-5-8(6-9(7)13)10-14-11(16)12(2,3)15-10/h4-6H,1-3H3,(H,14,15,16). The molecule has 2 rings (SSSR count). The van der Waals surface area contributed by atoms with Crippen molar-refractivity contribution in [1.29, 1.82) is 0 Å². The van der Waals surface area contributed by atoms with Crippen molar-refractivity contribution in [2.24, 2.45) is 4.99 Å². The minimum atomic E-state index is -0.767. The van der Waals surface area contributed by atoms with E-state index >= 15 is 0 Å². The summed E-state index contributed by atoms with van der Waals surface area (Å²) in [4.78, 5) is 15.7. The lowest BCUT2D eigenvalue weighted by Gasteiger charge is -2.07. The highest BCUT2D eigenvalue weighted by Gasteiger charge is 2.34. The molecule has 3 nitrogen and oxygen atoms in total. The predicted octanol–water partition coefficient (Wildman–Crippen LogP) is 1.79. The van der Waals surface area contributed by atoms with Gasteiger partial charge in [-0.25, -0.2) is 4.39 Å². The van der Waals surface area contributed by atoms with Crippen LogP contribution in [0.5, 0.6) is 0 Å². The van der Waals surface area contributed by atoms with Gasteiger partial charge >= 0.3 is 0 Å². The summed E-state index contributed by atoms with van der Waals surface area (Å²) >= 11 is 0. The third-order valence-electron chi connectivity index (χ3n) is 2.62. The van der Waals surface area contributed by atoms with Crippen LogP contribution in [-0.2, 0) is 4.79 Å². The summed E-state index contributed by atoms with van der Waals surface area (Å²) in [5, 5.41) is 2.65. The van der Waals surface area contributed by atoms with Crippen molar-refractivity contribution < 1.29 is 9.18 Å². The number of nitrogens with one attached hydrogen (secondary N) is 1. The quantitative estimate of drug-likeness (QED) is 0.770. The highest BCUT2D eigenvalue weighted by Crippen LogP contribution is 2.18. The van der Waals surface area contributed by atoms with Crippen LogP contribution in [0.3, 0.4) is 0 Å². The van der Waals surface area contributed by atoms with Crippen molar-refractivity contribution in [3.8, 4) is 0 Å². The Morgan fingerprint density at radius 2 is 2.06 bits per heavy atom. The molecule has 0 unspecified atom stereocenters. The summed E-state index contributed by atoms with van der Waals surface area (Å²) in [7, 11) is 0. The summed E-state index contributed by atoms with van der Waals surface area (Å²) in [6, 6.07) is 4.80. The number of hydrogen-bond acceptors (Lipinski definition) is 2. The summed E-state index contributed by atoms with van der Waals surface area (Å²) in [6.45, 7) is 5.14. The zero-order valence-electron chi connectivity index (χ0n) is 9.47. The Balaban J connectivity index is 2.40. The molecule has 0 bridgehead atoms. The van der Waals surface area contributed by atoms with E-state index in [4.69, 9.17) is 0 Å². The first-order valence-corrected chi connectivity index (χ1v) is 5.08. The van der Waals surface area contributed by atoms with Gasteiger partial charge < -0.3 is 5.32 Å². The van der Waals surface area contributed by atoms with E-state index in [1.165, 1.54) is 6.07 Å². The van der Waals surface area contributed by atoms with Gasteiger partial charge in [-0.15, -0.1) is 0 Å². The van der Waals surface area contributed by atoms with Gasteiger partial charge in [0.25, 0.3) is 5.91 Å². The Hall–Kier alpha value is -1.71. The van der Waals surface area contributed by atoms with Gasteiger partial charge in [0.15, 0.2) is 0 Å². The van der Waals surface area contributed by atoms with Crippen LogP contribution in [0.1, 0.15) is 25.0 Å². The van der Waals surface area contributed by atoms with E-state index in [-0.39, 0.29) is 11.7 Å². The third-order valence-corrected chi connectivity index (χ3v) is 2.62. The maximum atomic E-state index is 13.4. The number of carbonyl (C=O) groups excluding carboxylic acids is 1. The summed E-state index contributed by atoms with van der Waals surface area (Å²) in [6.07, 6.45) is 0. The maximum Gasteiger partial charge on any atom is 0.252 e. The lowest BCUT2D eigenvalue weighted by atomic mass is 10.1. The first-order valence-electron chi connectivity index (χ1n) is 5.08. The largest absolute Gasteiger partial charge is 0.308 e. The molecule has 0 fully saturated rings. The smallest absolute Gasteiger partial charge is 0.252 e. The van der Waals surface area contributed by atoms with Crippen molar-refractivity contribution in [3.05, 3.63) is 35.1 Å². The molecule has 0 saturated heterocycles. The van der Waals surface area contributed by atoms with Crippen LogP contribution in [-0.4, -0.2) is 17.3 Å². The Bertz CT molecular complexity index is 492. The van der Waals surface area contributed by atoms with Gasteiger partial charge in [-0.05, 0) is 32.4 Å². The first-order chi connectivity index (χ1) is 7.40. The van der Waals surface area contributed by atoms with Crippen molar-refractivity contribution in [2.75, 3.05) is 0 Å². The highest BCUT2D eigenvalue weighted by molar-refractivity contribution is 6.15. The van der Waals surface area contributed by atoms with E-state index in [1.54, 1.807) is 32.9 Å². The molecule has 0 saturated carbocycles. The van der Waals surface area contributed by atoms with Gasteiger partial charge in [-0.1, -0.05) is 12.1 Å². The summed E-state index contributed by atoms with van der Waals surface area (Å²) in [5.74, 6) is -0.0171. The van der Waals surface area contributed by atoms with Gasteiger partial charge in [0.2, 0.25) is 0 Å². The number of aliphatic imine (C=N–C) groups is 1. The van der Waals surface area contributed by atoms with Crippen LogP contribution in [0.15, 0.2) is 23.2 Å². The number of amides is 1. The molecule has 1 N–H and O–H groups in total. The fourth-order valence-electron chi connectivity index (χ4n) is 1.50. The van der Waals surface area contributed by atoms with Crippen molar-refractivity contribution in [2.45, 2.75) is 26.3 Å². The molecule has 0 spiro atoms. The number of rotatable bonds is 1. The molecule has 0 aliphatic carbocycles. The minimum Gasteiger partial charge on any atom is -0.308 e. The van der Waals surface area contributed by atoms with Crippen LogP contribution in [0.4, 0.5) is 4.39 Å². The summed E-state index contributed by atoms with van der Waals surface area (Å²) < 4.78 is 13.4. The van der Waals surface area contributed by atoms with Gasteiger partial charge in [-0.2, -0.15) is 0 Å². The minimum absolute atomic E-state index is 0.163. The average Bonchev–Trinajstić information content (AvgIpc) is 2.46. The number of carbonyl (C=O) groups is 1. The zero-order chi connectivity index (χ0) is 11.9. The molecule has 1 aliphatic heterocycles. The van der Waals surface area contributed by atoms with Crippen LogP contribution < -0.4 is 5.32 Å². The van der Waals surface area contributed by atoms with E-state index < -0.39 is 5.54 Å². The lowest BCUT2D eigenvalue weighted by molar-refractivity contribution is -0.122. The van der Waals surface area contributed by atoms with Crippen molar-refractivity contribution in [3.63, 3.8) is 0 Å². The van der Waals surface area contributed by atoms with Crippen molar-refractivity contribution in [1.82, 2.24) is 5.32 Å².